The minimum atomic E-state index is -0.877. The fraction of sp³-hybridized carbons (Fsp3) is 0.818. The van der Waals surface area contributed by atoms with Gasteiger partial charge in [0.1, 0.15) is 0 Å². The predicted octanol–water partition coefficient (Wildman–Crippen LogP) is 0.245. The highest BCUT2D eigenvalue weighted by Gasteiger charge is 2.19. The molecule has 1 fully saturated rings. The van der Waals surface area contributed by atoms with E-state index in [1.165, 1.54) is 4.90 Å². The molecule has 1 rings (SSSR count). The van der Waals surface area contributed by atoms with Crippen molar-refractivity contribution in [1.29, 1.82) is 0 Å². The van der Waals surface area contributed by atoms with Crippen LogP contribution in [0.15, 0.2) is 0 Å². The molecule has 0 atom stereocenters. The fourth-order valence-electron chi connectivity index (χ4n) is 1.87. The number of carbonyl (C=O) groups excluding carboxylic acids is 1. The molecular formula is C11H21N3O3. The van der Waals surface area contributed by atoms with Gasteiger partial charge in [-0.3, -0.25) is 4.79 Å². The summed E-state index contributed by atoms with van der Waals surface area (Å²) in [7, 11) is 0. The third kappa shape index (κ3) is 5.04. The lowest BCUT2D eigenvalue weighted by Gasteiger charge is -2.27. The number of urea groups is 1. The first-order valence-electron chi connectivity index (χ1n) is 6.11. The van der Waals surface area contributed by atoms with E-state index in [1.54, 1.807) is 0 Å². The number of carbonyl (C=O) groups is 2. The van der Waals surface area contributed by atoms with Crippen LogP contribution < -0.4 is 10.6 Å². The summed E-state index contributed by atoms with van der Waals surface area (Å²) in [4.78, 5) is 23.9. The molecule has 98 valence electrons. The molecule has 17 heavy (non-hydrogen) atoms. The molecular weight excluding hydrogens is 222 g/mol. The van der Waals surface area contributed by atoms with Crippen molar-refractivity contribution in [2.45, 2.75) is 32.2 Å². The third-order valence-corrected chi connectivity index (χ3v) is 2.93. The van der Waals surface area contributed by atoms with Gasteiger partial charge in [0.25, 0.3) is 0 Å². The van der Waals surface area contributed by atoms with Crippen molar-refractivity contribution < 1.29 is 14.7 Å². The van der Waals surface area contributed by atoms with Gasteiger partial charge in [-0.15, -0.1) is 0 Å². The third-order valence-electron chi connectivity index (χ3n) is 2.93. The van der Waals surface area contributed by atoms with Crippen molar-refractivity contribution in [2.75, 3.05) is 26.2 Å². The number of carboxylic acid groups (broad SMARTS) is 1. The van der Waals surface area contributed by atoms with Crippen LogP contribution in [0.4, 0.5) is 4.79 Å². The predicted molar refractivity (Wildman–Crippen MR) is 63.9 cm³/mol. The van der Waals surface area contributed by atoms with Gasteiger partial charge in [0, 0.05) is 19.1 Å². The molecule has 0 aromatic carbocycles. The van der Waals surface area contributed by atoms with E-state index in [0.29, 0.717) is 6.54 Å². The van der Waals surface area contributed by atoms with E-state index in [2.05, 4.69) is 10.6 Å². The molecule has 6 nitrogen and oxygen atoms in total. The van der Waals surface area contributed by atoms with Gasteiger partial charge >= 0.3 is 12.0 Å². The lowest BCUT2D eigenvalue weighted by atomic mass is 10.1. The van der Waals surface area contributed by atoms with Crippen LogP contribution in [0.5, 0.6) is 0 Å². The topological polar surface area (TPSA) is 81.7 Å². The second kappa shape index (κ2) is 7.11. The average molecular weight is 243 g/mol. The van der Waals surface area contributed by atoms with Crippen LogP contribution in [-0.2, 0) is 4.79 Å². The standard InChI is InChI=1S/C11H21N3O3/c1-2-14(8-5-10(15)16)11(17)13-9-3-6-12-7-4-9/h9,12H,2-8H2,1H3,(H,13,17)(H,15,16). The Balaban J connectivity index is 2.34. The molecule has 0 aliphatic carbocycles. The molecule has 0 aromatic rings. The Morgan fingerprint density at radius 2 is 2.06 bits per heavy atom. The highest BCUT2D eigenvalue weighted by molar-refractivity contribution is 5.75. The largest absolute Gasteiger partial charge is 0.481 e. The Labute approximate surface area is 101 Å². The maximum atomic E-state index is 11.9. The SMILES string of the molecule is CCN(CCC(=O)O)C(=O)NC1CCNCC1. The normalized spacial score (nSPS) is 16.5. The van der Waals surface area contributed by atoms with Crippen molar-refractivity contribution in [1.82, 2.24) is 15.5 Å². The number of carboxylic acids is 1. The summed E-state index contributed by atoms with van der Waals surface area (Å²) in [6.07, 6.45) is 1.86. The van der Waals surface area contributed by atoms with Crippen LogP contribution in [0.25, 0.3) is 0 Å². The highest BCUT2D eigenvalue weighted by atomic mass is 16.4. The van der Waals surface area contributed by atoms with Crippen LogP contribution in [0.3, 0.4) is 0 Å². The number of piperidine rings is 1. The summed E-state index contributed by atoms with van der Waals surface area (Å²) in [5.74, 6) is -0.877. The number of nitrogens with zero attached hydrogens (tertiary/aromatic N) is 1. The van der Waals surface area contributed by atoms with E-state index in [1.807, 2.05) is 6.92 Å². The van der Waals surface area contributed by atoms with E-state index in [9.17, 15) is 9.59 Å². The van der Waals surface area contributed by atoms with Crippen LogP contribution in [-0.4, -0.2) is 54.2 Å². The van der Waals surface area contributed by atoms with Gasteiger partial charge in [-0.2, -0.15) is 0 Å². The smallest absolute Gasteiger partial charge is 0.317 e. The number of amides is 2. The van der Waals surface area contributed by atoms with E-state index in [0.717, 1.165) is 25.9 Å². The molecule has 3 N–H and O–H groups in total. The Morgan fingerprint density at radius 1 is 1.41 bits per heavy atom. The molecule has 2 amide bonds. The van der Waals surface area contributed by atoms with Crippen molar-refractivity contribution in [3.8, 4) is 0 Å². The Kier molecular flexibility index (Phi) is 5.76. The summed E-state index contributed by atoms with van der Waals surface area (Å²) < 4.78 is 0. The summed E-state index contributed by atoms with van der Waals surface area (Å²) in [5, 5.41) is 14.8. The van der Waals surface area contributed by atoms with Crippen LogP contribution in [0.2, 0.25) is 0 Å². The van der Waals surface area contributed by atoms with Gasteiger partial charge in [-0.05, 0) is 32.9 Å². The van der Waals surface area contributed by atoms with E-state index in [4.69, 9.17) is 5.11 Å². The van der Waals surface area contributed by atoms with E-state index in [-0.39, 0.29) is 25.0 Å². The average Bonchev–Trinajstić information content (AvgIpc) is 2.30. The molecule has 0 bridgehead atoms. The summed E-state index contributed by atoms with van der Waals surface area (Å²) in [5.41, 5.74) is 0. The second-order valence-electron chi connectivity index (χ2n) is 4.20. The Bertz CT molecular complexity index is 265. The second-order valence-corrected chi connectivity index (χ2v) is 4.20. The zero-order chi connectivity index (χ0) is 12.7. The van der Waals surface area contributed by atoms with Crippen LogP contribution >= 0.6 is 0 Å². The van der Waals surface area contributed by atoms with Gasteiger partial charge in [0.15, 0.2) is 0 Å². The van der Waals surface area contributed by atoms with Crippen molar-refractivity contribution in [2.24, 2.45) is 0 Å². The fourth-order valence-corrected chi connectivity index (χ4v) is 1.87. The van der Waals surface area contributed by atoms with Crippen molar-refractivity contribution in [3.05, 3.63) is 0 Å². The monoisotopic (exact) mass is 243 g/mol. The summed E-state index contributed by atoms with van der Waals surface area (Å²) in [6.45, 7) is 4.50. The Hall–Kier alpha value is -1.30. The number of nitrogens with one attached hydrogen (secondary N) is 2. The van der Waals surface area contributed by atoms with Gasteiger partial charge in [0.05, 0.1) is 6.42 Å². The van der Waals surface area contributed by atoms with Crippen molar-refractivity contribution in [3.63, 3.8) is 0 Å². The number of aliphatic carboxylic acids is 1. The molecule has 6 heteroatoms. The minimum Gasteiger partial charge on any atom is -0.481 e. The highest BCUT2D eigenvalue weighted by Crippen LogP contribution is 2.03. The molecule has 0 unspecified atom stereocenters. The van der Waals surface area contributed by atoms with E-state index >= 15 is 0 Å². The zero-order valence-corrected chi connectivity index (χ0v) is 10.2. The lowest BCUT2D eigenvalue weighted by Crippen LogP contribution is -2.48. The molecule has 1 heterocycles. The first kappa shape index (κ1) is 13.8. The molecule has 1 aliphatic rings. The van der Waals surface area contributed by atoms with Crippen LogP contribution in [0.1, 0.15) is 26.2 Å². The molecule has 0 saturated carbocycles. The number of rotatable bonds is 5. The zero-order valence-electron chi connectivity index (χ0n) is 10.2. The number of hydrogen-bond acceptors (Lipinski definition) is 3. The van der Waals surface area contributed by atoms with Gasteiger partial charge < -0.3 is 20.6 Å². The Morgan fingerprint density at radius 3 is 2.59 bits per heavy atom. The first-order chi connectivity index (χ1) is 8.13. The minimum absolute atomic E-state index is 0.00647. The lowest BCUT2D eigenvalue weighted by molar-refractivity contribution is -0.137. The molecule has 1 saturated heterocycles. The molecule has 0 radical (unpaired) electrons. The summed E-state index contributed by atoms with van der Waals surface area (Å²) >= 11 is 0. The maximum Gasteiger partial charge on any atom is 0.317 e. The van der Waals surface area contributed by atoms with Gasteiger partial charge in [0.2, 0.25) is 0 Å². The van der Waals surface area contributed by atoms with Crippen molar-refractivity contribution >= 4 is 12.0 Å². The quantitative estimate of drug-likeness (QED) is 0.646. The molecule has 0 spiro atoms. The summed E-state index contributed by atoms with van der Waals surface area (Å²) in [6, 6.07) is 0.0586. The number of hydrogen-bond donors (Lipinski definition) is 3. The van der Waals surface area contributed by atoms with Gasteiger partial charge in [-0.25, -0.2) is 4.79 Å². The van der Waals surface area contributed by atoms with Crippen LogP contribution in [0, 0.1) is 0 Å². The molecule has 0 aromatic heterocycles. The first-order valence-corrected chi connectivity index (χ1v) is 6.11. The van der Waals surface area contributed by atoms with E-state index < -0.39 is 5.97 Å². The molecule has 1 aliphatic heterocycles. The van der Waals surface area contributed by atoms with Gasteiger partial charge in [-0.1, -0.05) is 0 Å². The maximum absolute atomic E-state index is 11.9.